The Morgan fingerprint density at radius 2 is 1.74 bits per heavy atom. The summed E-state index contributed by atoms with van der Waals surface area (Å²) in [7, 11) is 3.19. The van der Waals surface area contributed by atoms with Gasteiger partial charge in [0.2, 0.25) is 0 Å². The third kappa shape index (κ3) is 5.84. The largest absolute Gasteiger partial charge is 0.508 e. The monoisotopic (exact) mass is 628 g/mol. The van der Waals surface area contributed by atoms with E-state index in [1.165, 1.54) is 7.11 Å². The molecule has 4 N–H and O–H groups in total. The van der Waals surface area contributed by atoms with Crippen LogP contribution >= 0.6 is 0 Å². The summed E-state index contributed by atoms with van der Waals surface area (Å²) in [5.74, 6) is 3.63. The van der Waals surface area contributed by atoms with Gasteiger partial charge in [-0.1, -0.05) is 45.4 Å². The molecule has 2 aliphatic carbocycles. The number of phenolic OH excluding ortho intramolecular Hbond substituents is 2. The van der Waals surface area contributed by atoms with Gasteiger partial charge >= 0.3 is 0 Å². The van der Waals surface area contributed by atoms with Crippen LogP contribution in [0, 0.1) is 23.7 Å². The fourth-order valence-electron chi connectivity index (χ4n) is 8.23. The second-order valence-corrected chi connectivity index (χ2v) is 13.8. The van der Waals surface area contributed by atoms with Crippen molar-refractivity contribution < 1.29 is 34.6 Å². The Balaban J connectivity index is 1.52. The lowest BCUT2D eigenvalue weighted by Crippen LogP contribution is -2.33. The smallest absolute Gasteiger partial charge is 0.160 e. The van der Waals surface area contributed by atoms with Crippen LogP contribution in [0.15, 0.2) is 48.6 Å². The van der Waals surface area contributed by atoms with Crippen molar-refractivity contribution in [1.29, 1.82) is 0 Å². The first-order valence-corrected chi connectivity index (χ1v) is 16.8. The summed E-state index contributed by atoms with van der Waals surface area (Å²) in [6.07, 6.45) is 7.91. The molecule has 0 aromatic heterocycles. The van der Waals surface area contributed by atoms with E-state index >= 15 is 0 Å². The minimum atomic E-state index is -0.822. The predicted octanol–water partition coefficient (Wildman–Crippen LogP) is 7.26. The van der Waals surface area contributed by atoms with Crippen molar-refractivity contribution >= 4 is 0 Å². The normalized spacial score (nSPS) is 25.0. The highest BCUT2D eigenvalue weighted by molar-refractivity contribution is 5.83. The summed E-state index contributed by atoms with van der Waals surface area (Å²) >= 11 is 0. The minimum Gasteiger partial charge on any atom is -0.508 e. The zero-order valence-corrected chi connectivity index (χ0v) is 27.6. The summed E-state index contributed by atoms with van der Waals surface area (Å²) in [5, 5.41) is 42.7. The van der Waals surface area contributed by atoms with Crippen LogP contribution in [0.5, 0.6) is 28.7 Å². The minimum absolute atomic E-state index is 0.0317. The summed E-state index contributed by atoms with van der Waals surface area (Å²) in [4.78, 5) is 0. The highest BCUT2D eigenvalue weighted by atomic mass is 16.5. The molecule has 0 amide bonds. The van der Waals surface area contributed by atoms with Crippen molar-refractivity contribution in [3.63, 3.8) is 0 Å². The quantitative estimate of drug-likeness (QED) is 0.185. The van der Waals surface area contributed by atoms with Crippen molar-refractivity contribution in [3.8, 4) is 39.9 Å². The van der Waals surface area contributed by atoms with Crippen LogP contribution in [0.1, 0.15) is 79.9 Å². The first-order chi connectivity index (χ1) is 22.2. The number of aromatic hydroxyl groups is 2. The Kier molecular flexibility index (Phi) is 9.26. The molecule has 1 aliphatic heterocycles. The lowest BCUT2D eigenvalue weighted by atomic mass is 9.65. The number of phenols is 2. The van der Waals surface area contributed by atoms with Crippen molar-refractivity contribution in [2.75, 3.05) is 20.8 Å². The maximum Gasteiger partial charge on any atom is 0.160 e. The molecule has 0 spiro atoms. The van der Waals surface area contributed by atoms with E-state index in [4.69, 9.17) is 14.2 Å². The number of ether oxygens (including phenoxy) is 3. The lowest BCUT2D eigenvalue weighted by Gasteiger charge is -2.41. The lowest BCUT2D eigenvalue weighted by molar-refractivity contribution is 0.0200. The van der Waals surface area contributed by atoms with Gasteiger partial charge in [0.05, 0.1) is 20.3 Å². The maximum atomic E-state index is 11.6. The van der Waals surface area contributed by atoms with Gasteiger partial charge in [-0.25, -0.2) is 0 Å². The molecule has 0 saturated carbocycles. The Hall–Kier alpha value is -3.68. The second kappa shape index (κ2) is 13.2. The molecule has 246 valence electrons. The number of fused-ring (bicyclic) bond motifs is 5. The molecule has 46 heavy (non-hydrogen) atoms. The number of aliphatic hydroxyl groups is 2. The zero-order valence-electron chi connectivity index (χ0n) is 27.6. The predicted molar refractivity (Wildman–Crippen MR) is 179 cm³/mol. The molecule has 0 saturated heterocycles. The van der Waals surface area contributed by atoms with E-state index in [9.17, 15) is 20.4 Å². The number of hydrogen-bond acceptors (Lipinski definition) is 7. The van der Waals surface area contributed by atoms with Crippen LogP contribution in [0.2, 0.25) is 0 Å². The average Bonchev–Trinajstić information content (AvgIpc) is 3.04. The molecule has 3 aliphatic rings. The average molecular weight is 629 g/mol. The standard InChI is InChI=1S/C39H48O7/c1-6-22-14-24(8-7-23(22)11-12-40)28-15-26-17-32(42)27(13-21(2)3)16-29(26)38-36(45-5)20-34-30(37(28)38)19-33(43)39(46-34)25-9-10-31(41)35(18-25)44-4/h7-10,16-18,20-24,28,33,39-43H,6,11-15,19H2,1-5H3/t22-,23-,24+,28-,33+,39-/m0/s1. The van der Waals surface area contributed by atoms with Crippen LogP contribution < -0.4 is 14.2 Å². The Bertz CT molecular complexity index is 1610. The van der Waals surface area contributed by atoms with Gasteiger partial charge in [0.1, 0.15) is 23.4 Å². The zero-order chi connectivity index (χ0) is 32.7. The van der Waals surface area contributed by atoms with E-state index in [1.54, 1.807) is 25.3 Å². The summed E-state index contributed by atoms with van der Waals surface area (Å²) in [6, 6.07) is 11.1. The van der Waals surface area contributed by atoms with Gasteiger partial charge in [0, 0.05) is 30.2 Å². The highest BCUT2D eigenvalue weighted by Gasteiger charge is 2.41. The first kappa shape index (κ1) is 32.3. The number of hydrogen-bond donors (Lipinski definition) is 4. The Labute approximate surface area is 272 Å². The molecule has 0 radical (unpaired) electrons. The summed E-state index contributed by atoms with van der Waals surface area (Å²) in [6.45, 7) is 6.73. The fourth-order valence-corrected chi connectivity index (χ4v) is 8.23. The number of aliphatic hydroxyl groups excluding tert-OH is 2. The Morgan fingerprint density at radius 1 is 0.957 bits per heavy atom. The molecule has 3 aromatic rings. The molecule has 3 aromatic carbocycles. The summed E-state index contributed by atoms with van der Waals surface area (Å²) < 4.78 is 18.1. The van der Waals surface area contributed by atoms with Gasteiger partial charge in [0.15, 0.2) is 11.5 Å². The molecule has 7 heteroatoms. The molecular formula is C39H48O7. The third-order valence-corrected chi connectivity index (χ3v) is 10.5. The van der Waals surface area contributed by atoms with Crippen molar-refractivity contribution in [3.05, 3.63) is 76.4 Å². The van der Waals surface area contributed by atoms with Crippen molar-refractivity contribution in [1.82, 2.24) is 0 Å². The van der Waals surface area contributed by atoms with Crippen LogP contribution in [-0.2, 0) is 19.3 Å². The van der Waals surface area contributed by atoms with E-state index < -0.39 is 12.2 Å². The molecule has 1 heterocycles. The molecule has 6 rings (SSSR count). The van der Waals surface area contributed by atoms with Gasteiger partial charge in [-0.3, -0.25) is 0 Å². The first-order valence-electron chi connectivity index (χ1n) is 16.8. The van der Waals surface area contributed by atoms with E-state index in [1.807, 2.05) is 12.1 Å². The van der Waals surface area contributed by atoms with Crippen LogP contribution in [0.4, 0.5) is 0 Å². The maximum absolute atomic E-state index is 11.6. The number of benzene rings is 3. The molecule has 7 nitrogen and oxygen atoms in total. The van der Waals surface area contributed by atoms with Gasteiger partial charge in [-0.2, -0.15) is 0 Å². The van der Waals surface area contributed by atoms with Crippen LogP contribution in [-0.4, -0.2) is 47.4 Å². The molecule has 0 fully saturated rings. The van der Waals surface area contributed by atoms with Crippen LogP contribution in [0.25, 0.3) is 11.1 Å². The molecular weight excluding hydrogens is 580 g/mol. The van der Waals surface area contributed by atoms with Gasteiger partial charge in [-0.15, -0.1) is 0 Å². The van der Waals surface area contributed by atoms with E-state index in [0.717, 1.165) is 71.0 Å². The van der Waals surface area contributed by atoms with Gasteiger partial charge < -0.3 is 34.6 Å². The van der Waals surface area contributed by atoms with Crippen LogP contribution in [0.3, 0.4) is 0 Å². The van der Waals surface area contributed by atoms with E-state index in [-0.39, 0.29) is 24.2 Å². The van der Waals surface area contributed by atoms with Crippen molar-refractivity contribution in [2.45, 2.75) is 77.4 Å². The van der Waals surface area contributed by atoms with Gasteiger partial charge in [0.25, 0.3) is 0 Å². The number of rotatable bonds is 9. The van der Waals surface area contributed by atoms with Crippen molar-refractivity contribution in [2.24, 2.45) is 23.7 Å². The van der Waals surface area contributed by atoms with E-state index in [2.05, 4.69) is 39.0 Å². The highest BCUT2D eigenvalue weighted by Crippen LogP contribution is 2.56. The molecule has 0 unspecified atom stereocenters. The number of methoxy groups -OCH3 is 2. The third-order valence-electron chi connectivity index (χ3n) is 10.5. The second-order valence-electron chi connectivity index (χ2n) is 13.8. The fraction of sp³-hybridized carbons (Fsp3) is 0.487. The number of allylic oxidation sites excluding steroid dienone is 2. The van der Waals surface area contributed by atoms with Gasteiger partial charge in [-0.05, 0) is 107 Å². The molecule has 6 atom stereocenters. The SMILES string of the molecule is CC[C@H]1C[C@H]([C@@H]2Cc3cc(O)c(CC(C)C)cc3-c3c(OC)cc4c(c32)C[C@@H](O)[C@H](c2ccc(O)c(OC)c2)O4)C=C[C@H]1CCO. The van der Waals surface area contributed by atoms with E-state index in [0.29, 0.717) is 47.2 Å². The topological polar surface area (TPSA) is 109 Å². The molecule has 0 bridgehead atoms. The summed E-state index contributed by atoms with van der Waals surface area (Å²) in [5.41, 5.74) is 7.00. The Morgan fingerprint density at radius 3 is 2.43 bits per heavy atom.